The van der Waals surface area contributed by atoms with Crippen molar-refractivity contribution in [1.82, 2.24) is 0 Å². The highest BCUT2D eigenvalue weighted by atomic mass is 16.5. The molecule has 0 spiro atoms. The summed E-state index contributed by atoms with van der Waals surface area (Å²) in [5.74, 6) is -3.80. The second-order valence-corrected chi connectivity index (χ2v) is 3.48. The largest absolute Gasteiger partial charge is 0.508 e. The molecule has 1 aromatic rings. The first-order valence-electron chi connectivity index (χ1n) is 4.75. The van der Waals surface area contributed by atoms with E-state index < -0.39 is 23.6 Å². The molecule has 1 unspecified atom stereocenters. The van der Waals surface area contributed by atoms with E-state index in [0.29, 0.717) is 0 Å². The van der Waals surface area contributed by atoms with Crippen LogP contribution in [-0.4, -0.2) is 34.4 Å². The van der Waals surface area contributed by atoms with Gasteiger partial charge in [-0.3, -0.25) is 4.79 Å². The first-order chi connectivity index (χ1) is 7.88. The number of rotatable bonds is 3. The number of esters is 1. The molecule has 0 aliphatic rings. The Bertz CT molecular complexity index is 465. The zero-order chi connectivity index (χ0) is 13.2. The van der Waals surface area contributed by atoms with E-state index in [1.807, 2.05) is 0 Å². The van der Waals surface area contributed by atoms with Gasteiger partial charge >= 0.3 is 11.9 Å². The van der Waals surface area contributed by atoms with Crippen LogP contribution in [0.1, 0.15) is 28.8 Å². The number of methoxy groups -OCH3 is 1. The molecule has 1 aromatic carbocycles. The summed E-state index contributed by atoms with van der Waals surface area (Å²) in [6.07, 6.45) is 0. The van der Waals surface area contributed by atoms with Crippen molar-refractivity contribution in [3.8, 4) is 11.5 Å². The van der Waals surface area contributed by atoms with Crippen LogP contribution in [0.15, 0.2) is 12.1 Å². The zero-order valence-corrected chi connectivity index (χ0v) is 9.30. The number of phenolic OH excluding ortho intramolecular Hbond substituents is 2. The molecule has 0 aliphatic heterocycles. The van der Waals surface area contributed by atoms with E-state index in [0.717, 1.165) is 19.2 Å². The van der Waals surface area contributed by atoms with Crippen LogP contribution in [0.25, 0.3) is 0 Å². The number of hydrogen-bond acceptors (Lipinski definition) is 5. The fraction of sp³-hybridized carbons (Fsp3) is 0.273. The van der Waals surface area contributed by atoms with Gasteiger partial charge in [-0.1, -0.05) is 0 Å². The maximum atomic E-state index is 11.3. The maximum Gasteiger partial charge on any atom is 0.341 e. The van der Waals surface area contributed by atoms with E-state index in [1.54, 1.807) is 0 Å². The van der Waals surface area contributed by atoms with Crippen molar-refractivity contribution in [1.29, 1.82) is 0 Å². The Labute approximate surface area is 97.1 Å². The van der Waals surface area contributed by atoms with Crippen molar-refractivity contribution in [2.45, 2.75) is 12.8 Å². The SMILES string of the molecule is COC(=O)c1cc(C(C)C(=O)O)c(O)cc1O. The van der Waals surface area contributed by atoms with Gasteiger partial charge in [0.25, 0.3) is 0 Å². The van der Waals surface area contributed by atoms with E-state index in [4.69, 9.17) is 5.11 Å². The molecule has 0 heterocycles. The number of carbonyl (C=O) groups is 2. The van der Waals surface area contributed by atoms with Gasteiger partial charge in [0.1, 0.15) is 17.1 Å². The minimum atomic E-state index is -1.15. The molecule has 0 saturated heterocycles. The molecule has 0 aromatic heterocycles. The number of carboxylic acid groups (broad SMARTS) is 1. The van der Waals surface area contributed by atoms with Gasteiger partial charge in [-0.15, -0.1) is 0 Å². The lowest BCUT2D eigenvalue weighted by Gasteiger charge is -2.11. The van der Waals surface area contributed by atoms with E-state index in [2.05, 4.69) is 4.74 Å². The molecule has 6 nitrogen and oxygen atoms in total. The molecule has 0 aliphatic carbocycles. The van der Waals surface area contributed by atoms with E-state index in [1.165, 1.54) is 6.92 Å². The molecule has 0 radical (unpaired) electrons. The smallest absolute Gasteiger partial charge is 0.341 e. The van der Waals surface area contributed by atoms with Gasteiger partial charge in [-0.2, -0.15) is 0 Å². The third-order valence-electron chi connectivity index (χ3n) is 2.39. The van der Waals surface area contributed by atoms with Crippen LogP contribution in [0.2, 0.25) is 0 Å². The van der Waals surface area contributed by atoms with Crippen LogP contribution in [-0.2, 0) is 9.53 Å². The molecule has 0 saturated carbocycles. The lowest BCUT2D eigenvalue weighted by Crippen LogP contribution is -2.10. The van der Waals surface area contributed by atoms with Crippen molar-refractivity contribution in [2.75, 3.05) is 7.11 Å². The van der Waals surface area contributed by atoms with Gasteiger partial charge in [0.2, 0.25) is 0 Å². The normalized spacial score (nSPS) is 11.9. The number of carboxylic acids is 1. The lowest BCUT2D eigenvalue weighted by atomic mass is 9.97. The summed E-state index contributed by atoms with van der Waals surface area (Å²) < 4.78 is 4.42. The maximum absolute atomic E-state index is 11.3. The van der Waals surface area contributed by atoms with Gasteiger partial charge in [-0.25, -0.2) is 4.79 Å². The number of hydrogen-bond donors (Lipinski definition) is 3. The minimum absolute atomic E-state index is 0.0377. The molecule has 3 N–H and O–H groups in total. The summed E-state index contributed by atoms with van der Waals surface area (Å²) >= 11 is 0. The predicted molar refractivity (Wildman–Crippen MR) is 57.2 cm³/mol. The number of aliphatic carboxylic acids is 1. The van der Waals surface area contributed by atoms with Crippen LogP contribution in [0.4, 0.5) is 0 Å². The topological polar surface area (TPSA) is 104 Å². The molecule has 92 valence electrons. The van der Waals surface area contributed by atoms with Crippen molar-refractivity contribution in [3.63, 3.8) is 0 Å². The third kappa shape index (κ3) is 2.47. The highest BCUT2D eigenvalue weighted by molar-refractivity contribution is 5.93. The van der Waals surface area contributed by atoms with Crippen molar-refractivity contribution in [3.05, 3.63) is 23.3 Å². The predicted octanol–water partition coefficient (Wildman–Crippen LogP) is 1.07. The summed E-state index contributed by atoms with van der Waals surface area (Å²) in [4.78, 5) is 22.1. The fourth-order valence-electron chi connectivity index (χ4n) is 1.35. The molecule has 17 heavy (non-hydrogen) atoms. The van der Waals surface area contributed by atoms with Crippen LogP contribution >= 0.6 is 0 Å². The second-order valence-electron chi connectivity index (χ2n) is 3.48. The summed E-state index contributed by atoms with van der Waals surface area (Å²) in [5.41, 5.74) is -0.149. The van der Waals surface area contributed by atoms with Crippen molar-refractivity contribution in [2.24, 2.45) is 0 Å². The number of ether oxygens (including phenoxy) is 1. The summed E-state index contributed by atoms with van der Waals surface area (Å²) in [7, 11) is 1.13. The molecule has 6 heteroatoms. The average Bonchev–Trinajstić information content (AvgIpc) is 2.27. The molecule has 0 bridgehead atoms. The first-order valence-corrected chi connectivity index (χ1v) is 4.75. The number of benzene rings is 1. The number of carbonyl (C=O) groups excluding carboxylic acids is 1. The Morgan fingerprint density at radius 3 is 2.29 bits per heavy atom. The van der Waals surface area contributed by atoms with Gasteiger partial charge < -0.3 is 20.1 Å². The van der Waals surface area contributed by atoms with Gasteiger partial charge in [0.15, 0.2) is 0 Å². The van der Waals surface area contributed by atoms with Gasteiger partial charge in [0, 0.05) is 11.6 Å². The highest BCUT2D eigenvalue weighted by Crippen LogP contribution is 2.32. The molecular weight excluding hydrogens is 228 g/mol. The standard InChI is InChI=1S/C11H12O6/c1-5(10(14)15)6-3-7(11(16)17-2)9(13)4-8(6)12/h3-5,12-13H,1-2H3,(H,14,15). The third-order valence-corrected chi connectivity index (χ3v) is 2.39. The van der Waals surface area contributed by atoms with Crippen LogP contribution in [0.3, 0.4) is 0 Å². The quantitative estimate of drug-likeness (QED) is 0.683. The van der Waals surface area contributed by atoms with E-state index in [9.17, 15) is 19.8 Å². The Balaban J connectivity index is 3.33. The van der Waals surface area contributed by atoms with Gasteiger partial charge in [0.05, 0.1) is 13.0 Å². The first kappa shape index (κ1) is 12.8. The van der Waals surface area contributed by atoms with Crippen LogP contribution < -0.4 is 0 Å². The number of aromatic hydroxyl groups is 2. The summed E-state index contributed by atoms with van der Waals surface area (Å²) in [6.45, 7) is 1.36. The Kier molecular flexibility index (Phi) is 3.57. The highest BCUT2D eigenvalue weighted by Gasteiger charge is 2.22. The zero-order valence-electron chi connectivity index (χ0n) is 9.30. The molecule has 0 amide bonds. The van der Waals surface area contributed by atoms with Crippen molar-refractivity contribution >= 4 is 11.9 Å². The van der Waals surface area contributed by atoms with E-state index in [-0.39, 0.29) is 16.9 Å². The Hall–Kier alpha value is -2.24. The fourth-order valence-corrected chi connectivity index (χ4v) is 1.35. The monoisotopic (exact) mass is 240 g/mol. The molecular formula is C11H12O6. The van der Waals surface area contributed by atoms with Crippen molar-refractivity contribution < 1.29 is 29.6 Å². The second kappa shape index (κ2) is 4.73. The average molecular weight is 240 g/mol. The molecule has 0 fully saturated rings. The Morgan fingerprint density at radius 1 is 1.24 bits per heavy atom. The van der Waals surface area contributed by atoms with Crippen LogP contribution in [0.5, 0.6) is 11.5 Å². The number of phenols is 2. The lowest BCUT2D eigenvalue weighted by molar-refractivity contribution is -0.138. The van der Waals surface area contributed by atoms with E-state index >= 15 is 0 Å². The minimum Gasteiger partial charge on any atom is -0.508 e. The van der Waals surface area contributed by atoms with Crippen LogP contribution in [0, 0.1) is 0 Å². The summed E-state index contributed by atoms with van der Waals surface area (Å²) in [6, 6.07) is 2.02. The summed E-state index contributed by atoms with van der Waals surface area (Å²) in [5, 5.41) is 27.8. The Morgan fingerprint density at radius 2 is 1.82 bits per heavy atom. The van der Waals surface area contributed by atoms with Gasteiger partial charge in [-0.05, 0) is 13.0 Å². The molecule has 1 atom stereocenters. The molecule has 1 rings (SSSR count).